The molecule has 0 fully saturated rings. The van der Waals surface area contributed by atoms with Crippen LogP contribution in [0.5, 0.6) is 0 Å². The first kappa shape index (κ1) is 28.2. The fourth-order valence-corrected chi connectivity index (χ4v) is 2.18. The number of rotatable bonds is 0. The summed E-state index contributed by atoms with van der Waals surface area (Å²) < 4.78 is 0. The first-order valence-electron chi connectivity index (χ1n) is 7.60. The Morgan fingerprint density at radius 1 is 0.696 bits per heavy atom. The standard InChI is InChI=1S/2C10H15.2ClH.Zr/c2*1-8-5-6-9(7-8)10(2,3)4;;;/h2*5H,6H2,1-4H3;2*1H;/q2*-1;;;+4/p-2. The van der Waals surface area contributed by atoms with Crippen molar-refractivity contribution >= 4 is 0 Å². The monoisotopic (exact) mass is 430 g/mol. The van der Waals surface area contributed by atoms with Crippen LogP contribution in [0.4, 0.5) is 0 Å². The molecule has 0 aliphatic heterocycles. The van der Waals surface area contributed by atoms with Crippen LogP contribution in [0.2, 0.25) is 0 Å². The van der Waals surface area contributed by atoms with Gasteiger partial charge in [-0.15, -0.1) is 0 Å². The summed E-state index contributed by atoms with van der Waals surface area (Å²) in [6.07, 6.45) is 13.4. The second-order valence-electron chi connectivity index (χ2n) is 7.89. The molecule has 0 unspecified atom stereocenters. The van der Waals surface area contributed by atoms with Gasteiger partial charge >= 0.3 is 26.2 Å². The molecule has 2 aliphatic carbocycles. The second-order valence-corrected chi connectivity index (χ2v) is 7.89. The number of hydrogen-bond donors (Lipinski definition) is 0. The van der Waals surface area contributed by atoms with E-state index >= 15 is 0 Å². The van der Waals surface area contributed by atoms with Gasteiger partial charge < -0.3 is 24.8 Å². The number of allylic oxidation sites excluding steroid dienone is 8. The van der Waals surface area contributed by atoms with Gasteiger partial charge in [-0.05, 0) is 10.8 Å². The van der Waals surface area contributed by atoms with Crippen LogP contribution in [-0.4, -0.2) is 0 Å². The molecule has 0 heterocycles. The molecule has 0 saturated heterocycles. The Labute approximate surface area is 175 Å². The van der Waals surface area contributed by atoms with Gasteiger partial charge in [-0.25, -0.2) is 35.5 Å². The SMILES string of the molecule is CC1=CCC(C(C)(C)C)=[C-]1.CC1=CCC(C(C)(C)C)=[C-]1.[Cl-].[Cl-].[Zr+4]. The van der Waals surface area contributed by atoms with Crippen LogP contribution in [0.15, 0.2) is 34.4 Å². The Kier molecular flexibility index (Phi) is 13.6. The fourth-order valence-electron chi connectivity index (χ4n) is 2.18. The molecule has 0 aromatic carbocycles. The fraction of sp³-hybridized carbons (Fsp3) is 0.600. The Hall–Kier alpha value is 0.423. The summed E-state index contributed by atoms with van der Waals surface area (Å²) in [5, 5.41) is 0. The van der Waals surface area contributed by atoms with Crippen molar-refractivity contribution in [3.05, 3.63) is 46.6 Å². The van der Waals surface area contributed by atoms with E-state index in [9.17, 15) is 0 Å². The zero-order valence-electron chi connectivity index (χ0n) is 15.8. The van der Waals surface area contributed by atoms with Gasteiger partial charge in [-0.3, -0.25) is 0 Å². The molecule has 128 valence electrons. The molecule has 0 atom stereocenters. The smallest absolute Gasteiger partial charge is 1.00 e. The number of hydrogen-bond acceptors (Lipinski definition) is 0. The van der Waals surface area contributed by atoms with Gasteiger partial charge in [-0.1, -0.05) is 68.2 Å². The van der Waals surface area contributed by atoms with Crippen LogP contribution in [0.3, 0.4) is 0 Å². The summed E-state index contributed by atoms with van der Waals surface area (Å²) in [6, 6.07) is 0. The third-order valence-corrected chi connectivity index (χ3v) is 3.73. The summed E-state index contributed by atoms with van der Waals surface area (Å²) in [4.78, 5) is 0. The van der Waals surface area contributed by atoms with E-state index < -0.39 is 0 Å². The summed E-state index contributed by atoms with van der Waals surface area (Å²) in [6.45, 7) is 17.6. The number of halogens is 2. The van der Waals surface area contributed by atoms with Gasteiger partial charge in [0.15, 0.2) is 0 Å². The van der Waals surface area contributed by atoms with Crippen molar-refractivity contribution in [1.29, 1.82) is 0 Å². The Bertz CT molecular complexity index is 435. The molecule has 0 N–H and O–H groups in total. The van der Waals surface area contributed by atoms with E-state index in [2.05, 4.69) is 79.7 Å². The Morgan fingerprint density at radius 2 is 0.957 bits per heavy atom. The normalized spacial score (nSPS) is 16.3. The van der Waals surface area contributed by atoms with Gasteiger partial charge in [0.05, 0.1) is 0 Å². The average Bonchev–Trinajstić information content (AvgIpc) is 2.85. The first-order valence-corrected chi connectivity index (χ1v) is 7.60. The van der Waals surface area contributed by atoms with Crippen molar-refractivity contribution < 1.29 is 51.0 Å². The van der Waals surface area contributed by atoms with Crippen LogP contribution >= 0.6 is 0 Å². The van der Waals surface area contributed by atoms with Crippen molar-refractivity contribution in [3.8, 4) is 0 Å². The van der Waals surface area contributed by atoms with Crippen molar-refractivity contribution in [1.82, 2.24) is 0 Å². The Balaban J connectivity index is -0.000000308. The summed E-state index contributed by atoms with van der Waals surface area (Å²) in [5.41, 5.74) is 6.09. The molecule has 2 aliphatic rings. The minimum Gasteiger partial charge on any atom is -1.00 e. The average molecular weight is 433 g/mol. The largest absolute Gasteiger partial charge is 4.00 e. The van der Waals surface area contributed by atoms with Gasteiger partial charge in [0.2, 0.25) is 0 Å². The predicted octanol–water partition coefficient (Wildman–Crippen LogP) is 0.230. The minimum atomic E-state index is 0. The molecule has 0 aromatic heterocycles. The van der Waals surface area contributed by atoms with E-state index in [0.29, 0.717) is 10.8 Å². The van der Waals surface area contributed by atoms with E-state index in [1.807, 2.05) is 0 Å². The zero-order chi connectivity index (χ0) is 15.6. The van der Waals surface area contributed by atoms with E-state index in [1.165, 1.54) is 22.3 Å². The van der Waals surface area contributed by atoms with Crippen molar-refractivity contribution in [2.24, 2.45) is 10.8 Å². The van der Waals surface area contributed by atoms with Gasteiger partial charge in [0, 0.05) is 0 Å². The van der Waals surface area contributed by atoms with Crippen molar-refractivity contribution in [3.63, 3.8) is 0 Å². The zero-order valence-corrected chi connectivity index (χ0v) is 19.8. The van der Waals surface area contributed by atoms with Crippen molar-refractivity contribution in [2.45, 2.75) is 68.2 Å². The summed E-state index contributed by atoms with van der Waals surface area (Å²) in [5.74, 6) is 0. The minimum absolute atomic E-state index is 0. The molecule has 0 aromatic rings. The van der Waals surface area contributed by atoms with Gasteiger partial charge in [0.25, 0.3) is 0 Å². The molecule has 23 heavy (non-hydrogen) atoms. The van der Waals surface area contributed by atoms with Gasteiger partial charge in [-0.2, -0.15) is 11.1 Å². The van der Waals surface area contributed by atoms with Gasteiger partial charge in [0.1, 0.15) is 0 Å². The van der Waals surface area contributed by atoms with Crippen molar-refractivity contribution in [2.75, 3.05) is 0 Å². The maximum Gasteiger partial charge on any atom is 4.00 e. The maximum atomic E-state index is 3.37. The quantitative estimate of drug-likeness (QED) is 0.481. The molecular weight excluding hydrogens is 402 g/mol. The predicted molar refractivity (Wildman–Crippen MR) is 89.2 cm³/mol. The first-order chi connectivity index (χ1) is 9.00. The molecule has 0 spiro atoms. The van der Waals surface area contributed by atoms with E-state index in [0.717, 1.165) is 12.8 Å². The van der Waals surface area contributed by atoms with Crippen LogP contribution in [0.25, 0.3) is 0 Å². The van der Waals surface area contributed by atoms with Crippen LogP contribution in [0.1, 0.15) is 68.2 Å². The maximum absolute atomic E-state index is 3.37. The molecule has 0 bridgehead atoms. The van der Waals surface area contributed by atoms with Crippen LogP contribution in [-0.2, 0) is 26.2 Å². The van der Waals surface area contributed by atoms with Crippen LogP contribution < -0.4 is 24.8 Å². The Morgan fingerprint density at radius 3 is 1.04 bits per heavy atom. The third kappa shape index (κ3) is 10.1. The summed E-state index contributed by atoms with van der Waals surface area (Å²) in [7, 11) is 0. The topological polar surface area (TPSA) is 0 Å². The molecule has 0 saturated carbocycles. The van der Waals surface area contributed by atoms with E-state index in [1.54, 1.807) is 0 Å². The van der Waals surface area contributed by atoms with E-state index in [-0.39, 0.29) is 51.0 Å². The third-order valence-electron chi connectivity index (χ3n) is 3.73. The second kappa shape index (κ2) is 11.1. The molecule has 0 nitrogen and oxygen atoms in total. The molecule has 2 rings (SSSR count). The molecule has 3 heteroatoms. The van der Waals surface area contributed by atoms with Crippen LogP contribution in [0, 0.1) is 23.0 Å². The van der Waals surface area contributed by atoms with E-state index in [4.69, 9.17) is 0 Å². The summed E-state index contributed by atoms with van der Waals surface area (Å²) >= 11 is 0. The molecular formula is C20H30Cl2Zr. The molecule has 0 amide bonds. The molecule has 0 radical (unpaired) electrons.